The number of fused-ring (bicyclic) bond motifs is 4. The number of ketones is 1. The smallest absolute Gasteiger partial charge is 0.333 e. The van der Waals surface area contributed by atoms with Crippen molar-refractivity contribution < 1.29 is 34.4 Å². The summed E-state index contributed by atoms with van der Waals surface area (Å²) in [6.07, 6.45) is 4.35. The van der Waals surface area contributed by atoms with E-state index in [9.17, 15) is 24.9 Å². The second kappa shape index (κ2) is 8.11. The fraction of sp³-hybridized carbons (Fsp3) is 0.862. The van der Waals surface area contributed by atoms with Crippen molar-refractivity contribution in [3.63, 3.8) is 0 Å². The summed E-state index contributed by atoms with van der Waals surface area (Å²) in [5.74, 6) is 0.577. The number of hydrogen-bond acceptors (Lipinski definition) is 7. The molecule has 6 rings (SSSR count). The Labute approximate surface area is 213 Å². The molecule has 5 fully saturated rings. The van der Waals surface area contributed by atoms with Crippen LogP contribution in [0.3, 0.4) is 0 Å². The molecule has 4 saturated carbocycles. The van der Waals surface area contributed by atoms with Gasteiger partial charge in [0.1, 0.15) is 17.5 Å². The minimum Gasteiger partial charge on any atom is -0.458 e. The van der Waals surface area contributed by atoms with E-state index in [0.29, 0.717) is 11.8 Å². The quantitative estimate of drug-likeness (QED) is 0.400. The van der Waals surface area contributed by atoms with Gasteiger partial charge in [0, 0.05) is 30.9 Å². The summed E-state index contributed by atoms with van der Waals surface area (Å²) >= 11 is 0. The van der Waals surface area contributed by atoms with E-state index in [1.165, 1.54) is 0 Å². The lowest BCUT2D eigenvalue weighted by Gasteiger charge is -2.60. The Kier molecular flexibility index (Phi) is 5.64. The number of hydrogen-bond donors (Lipinski definition) is 3. The maximum atomic E-state index is 13.7. The Morgan fingerprint density at radius 1 is 1.08 bits per heavy atom. The number of ether oxygens (including phenoxy) is 2. The van der Waals surface area contributed by atoms with Gasteiger partial charge in [-0.15, -0.1) is 0 Å². The van der Waals surface area contributed by atoms with Gasteiger partial charge < -0.3 is 24.8 Å². The van der Waals surface area contributed by atoms with Crippen molar-refractivity contribution in [2.45, 2.75) is 96.6 Å². The van der Waals surface area contributed by atoms with Gasteiger partial charge in [-0.2, -0.15) is 0 Å². The van der Waals surface area contributed by atoms with Crippen molar-refractivity contribution in [2.24, 2.45) is 46.3 Å². The minimum atomic E-state index is -1.07. The monoisotopic (exact) mass is 502 g/mol. The van der Waals surface area contributed by atoms with Crippen molar-refractivity contribution >= 4 is 11.8 Å². The molecule has 3 N–H and O–H groups in total. The van der Waals surface area contributed by atoms with E-state index in [4.69, 9.17) is 9.47 Å². The second-order valence-electron chi connectivity index (χ2n) is 13.3. The lowest BCUT2D eigenvalue weighted by Crippen LogP contribution is -2.69. The van der Waals surface area contributed by atoms with Crippen molar-refractivity contribution in [3.8, 4) is 0 Å². The molecule has 0 radical (unpaired) electrons. The van der Waals surface area contributed by atoms with Crippen molar-refractivity contribution in [1.82, 2.24) is 0 Å². The van der Waals surface area contributed by atoms with Gasteiger partial charge >= 0.3 is 5.97 Å². The maximum absolute atomic E-state index is 13.7. The summed E-state index contributed by atoms with van der Waals surface area (Å²) < 4.78 is 12.2. The van der Waals surface area contributed by atoms with Crippen LogP contribution in [0.1, 0.15) is 72.6 Å². The predicted molar refractivity (Wildman–Crippen MR) is 131 cm³/mol. The number of carbonyl (C=O) groups excluding carboxylic acids is 2. The Morgan fingerprint density at radius 2 is 1.83 bits per heavy atom. The van der Waals surface area contributed by atoms with E-state index < -0.39 is 23.0 Å². The first-order valence-corrected chi connectivity index (χ1v) is 14.0. The van der Waals surface area contributed by atoms with Gasteiger partial charge in [0.05, 0.1) is 24.2 Å². The fourth-order valence-corrected chi connectivity index (χ4v) is 10.3. The van der Waals surface area contributed by atoms with E-state index in [2.05, 4.69) is 13.8 Å². The van der Waals surface area contributed by atoms with Crippen LogP contribution in [0.4, 0.5) is 0 Å². The Morgan fingerprint density at radius 3 is 2.50 bits per heavy atom. The number of epoxide rings is 1. The SMILES string of the molecule is CC1=C(C)C(=O)O[C@@H]([C@@H](C)[C@H]2CC[C@H]3[C@@H]4C[C@H]5O[C@]56[C@@H](O)[C@@H](CO)CC(=O)[C@]6(CO)[C@H]4CC[C@]23C)C1. The van der Waals surface area contributed by atoms with Crippen LogP contribution in [-0.4, -0.2) is 64.2 Å². The van der Waals surface area contributed by atoms with Crippen LogP contribution in [0.5, 0.6) is 0 Å². The number of Topliss-reactive ketones (excluding diaryl/α,β-unsaturated/α-hetero) is 1. The molecule has 7 nitrogen and oxygen atoms in total. The van der Waals surface area contributed by atoms with E-state index in [1.54, 1.807) is 0 Å². The number of aliphatic hydroxyl groups excluding tert-OH is 3. The van der Waals surface area contributed by atoms with Gasteiger partial charge in [0.15, 0.2) is 0 Å². The van der Waals surface area contributed by atoms with Crippen molar-refractivity contribution in [2.75, 3.05) is 13.2 Å². The van der Waals surface area contributed by atoms with Crippen LogP contribution >= 0.6 is 0 Å². The normalized spacial score (nSPS) is 52.6. The molecule has 200 valence electrons. The van der Waals surface area contributed by atoms with Gasteiger partial charge in [-0.1, -0.05) is 19.4 Å². The summed E-state index contributed by atoms with van der Waals surface area (Å²) in [4.78, 5) is 26.2. The van der Waals surface area contributed by atoms with Gasteiger partial charge in [0.2, 0.25) is 0 Å². The molecule has 7 heteroatoms. The third-order valence-corrected chi connectivity index (χ3v) is 12.3. The van der Waals surface area contributed by atoms with Crippen LogP contribution in [0.2, 0.25) is 0 Å². The number of rotatable bonds is 4. The molecule has 2 aliphatic heterocycles. The molecular formula is C29H42O7. The highest BCUT2D eigenvalue weighted by Gasteiger charge is 2.83. The summed E-state index contributed by atoms with van der Waals surface area (Å²) in [5, 5.41) is 31.9. The third-order valence-electron chi connectivity index (χ3n) is 12.3. The zero-order valence-corrected chi connectivity index (χ0v) is 22.0. The van der Waals surface area contributed by atoms with Crippen molar-refractivity contribution in [1.29, 1.82) is 0 Å². The maximum Gasteiger partial charge on any atom is 0.333 e. The molecule has 0 bridgehead atoms. The molecule has 1 spiro atoms. The molecule has 0 aromatic heterocycles. The lowest BCUT2D eigenvalue weighted by molar-refractivity contribution is -0.187. The average molecular weight is 503 g/mol. The first-order chi connectivity index (χ1) is 17.1. The molecule has 0 aromatic carbocycles. The van der Waals surface area contributed by atoms with Crippen molar-refractivity contribution in [3.05, 3.63) is 11.1 Å². The van der Waals surface area contributed by atoms with Gasteiger partial charge in [0.25, 0.3) is 0 Å². The molecule has 12 atom stereocenters. The third kappa shape index (κ3) is 2.89. The van der Waals surface area contributed by atoms with Crippen LogP contribution in [0.25, 0.3) is 0 Å². The first-order valence-electron chi connectivity index (χ1n) is 14.0. The van der Waals surface area contributed by atoms with E-state index in [0.717, 1.165) is 49.7 Å². The Hall–Kier alpha value is -1.28. The largest absolute Gasteiger partial charge is 0.458 e. The number of cyclic esters (lactones) is 1. The van der Waals surface area contributed by atoms with Crippen LogP contribution in [0.15, 0.2) is 11.1 Å². The molecule has 0 amide bonds. The van der Waals surface area contributed by atoms with Crippen LogP contribution in [0, 0.1) is 46.3 Å². The summed E-state index contributed by atoms with van der Waals surface area (Å²) in [7, 11) is 0. The summed E-state index contributed by atoms with van der Waals surface area (Å²) in [6.45, 7) is 7.98. The highest BCUT2D eigenvalue weighted by atomic mass is 16.6. The minimum absolute atomic E-state index is 0.0180. The Bertz CT molecular complexity index is 1010. The van der Waals surface area contributed by atoms with E-state index in [-0.39, 0.29) is 66.8 Å². The number of aliphatic hydroxyl groups is 3. The Balaban J connectivity index is 1.29. The average Bonchev–Trinajstić information content (AvgIpc) is 3.48. The second-order valence-corrected chi connectivity index (χ2v) is 13.3. The van der Waals surface area contributed by atoms with Gasteiger partial charge in [-0.3, -0.25) is 4.79 Å². The van der Waals surface area contributed by atoms with Gasteiger partial charge in [-0.05, 0) is 81.0 Å². The van der Waals surface area contributed by atoms with Gasteiger partial charge in [-0.25, -0.2) is 4.79 Å². The molecule has 4 aliphatic carbocycles. The lowest BCUT2D eigenvalue weighted by atomic mass is 9.42. The summed E-state index contributed by atoms with van der Waals surface area (Å²) in [5.41, 5.74) is -0.173. The van der Waals surface area contributed by atoms with E-state index >= 15 is 0 Å². The zero-order valence-electron chi connectivity index (χ0n) is 22.0. The highest BCUT2D eigenvalue weighted by molar-refractivity contribution is 5.90. The zero-order chi connectivity index (χ0) is 25.8. The van der Waals surface area contributed by atoms with E-state index in [1.807, 2.05) is 13.8 Å². The molecule has 0 aromatic rings. The summed E-state index contributed by atoms with van der Waals surface area (Å²) in [6, 6.07) is 0. The molecule has 36 heavy (non-hydrogen) atoms. The molecule has 2 heterocycles. The topological polar surface area (TPSA) is 117 Å². The number of esters is 1. The standard InChI is InChI=1S/C29H42O7/c1-14-9-22(35-26(34)15(14)2)16(3)19-5-6-20-18-11-24-29(36-24)25(33)17(12-30)10-23(32)28(29,13-31)21(18)7-8-27(19,20)4/h16-22,24-25,30-31,33H,5-13H2,1-4H3/t16-,17+,18-,19+,20-,21-,22+,24+,25-,27+,28-,29-/m0/s1. The molecule has 0 unspecified atom stereocenters. The molecular weight excluding hydrogens is 460 g/mol. The molecule has 1 saturated heterocycles. The molecule has 6 aliphatic rings. The predicted octanol–water partition coefficient (Wildman–Crippen LogP) is 2.80. The first kappa shape index (κ1) is 25.0. The van der Waals surface area contributed by atoms with Crippen LogP contribution < -0.4 is 0 Å². The number of carbonyl (C=O) groups is 2. The van der Waals surface area contributed by atoms with Crippen LogP contribution in [-0.2, 0) is 19.1 Å². The highest BCUT2D eigenvalue weighted by Crippen LogP contribution is 2.74. The fourth-order valence-electron chi connectivity index (χ4n) is 10.3.